The Labute approximate surface area is 108 Å². The monoisotopic (exact) mass is 248 g/mol. The van der Waals surface area contributed by atoms with Crippen molar-refractivity contribution in [2.24, 2.45) is 0 Å². The molecular formula is C14H20N2O2. The normalized spacial score (nSPS) is 17.7. The molecule has 1 fully saturated rings. The summed E-state index contributed by atoms with van der Waals surface area (Å²) < 4.78 is 5.52. The van der Waals surface area contributed by atoms with Gasteiger partial charge in [0.25, 0.3) is 0 Å². The van der Waals surface area contributed by atoms with E-state index in [2.05, 4.69) is 11.9 Å². The first-order valence-corrected chi connectivity index (χ1v) is 6.32. The number of piperidine rings is 1. The minimum absolute atomic E-state index is 0.0219. The molecule has 1 aliphatic rings. The summed E-state index contributed by atoms with van der Waals surface area (Å²) in [5, 5.41) is 0. The molecule has 4 nitrogen and oxygen atoms in total. The van der Waals surface area contributed by atoms with Crippen LogP contribution in [0.3, 0.4) is 0 Å². The zero-order valence-electron chi connectivity index (χ0n) is 11.0. The number of benzene rings is 1. The van der Waals surface area contributed by atoms with Crippen molar-refractivity contribution in [3.05, 3.63) is 29.3 Å². The summed E-state index contributed by atoms with van der Waals surface area (Å²) in [5.41, 5.74) is 7.82. The van der Waals surface area contributed by atoms with Crippen LogP contribution in [0.2, 0.25) is 0 Å². The quantitative estimate of drug-likeness (QED) is 0.641. The third-order valence-corrected chi connectivity index (χ3v) is 3.48. The number of anilines is 1. The number of esters is 1. The summed E-state index contributed by atoms with van der Waals surface area (Å²) in [6, 6.07) is 5.44. The van der Waals surface area contributed by atoms with E-state index >= 15 is 0 Å². The zero-order chi connectivity index (χ0) is 13.1. The summed E-state index contributed by atoms with van der Waals surface area (Å²) in [6.45, 7) is 3.84. The van der Waals surface area contributed by atoms with Crippen molar-refractivity contribution in [2.75, 3.05) is 25.9 Å². The Morgan fingerprint density at radius 1 is 1.39 bits per heavy atom. The van der Waals surface area contributed by atoms with Crippen LogP contribution in [-0.4, -0.2) is 37.1 Å². The Hall–Kier alpha value is -1.55. The number of para-hydroxylation sites is 1. The summed E-state index contributed by atoms with van der Waals surface area (Å²) >= 11 is 0. The molecule has 0 amide bonds. The van der Waals surface area contributed by atoms with Crippen molar-refractivity contribution < 1.29 is 9.53 Å². The number of aryl methyl sites for hydroxylation is 1. The molecule has 0 aliphatic carbocycles. The summed E-state index contributed by atoms with van der Waals surface area (Å²) in [7, 11) is 2.08. The first-order chi connectivity index (χ1) is 8.58. The van der Waals surface area contributed by atoms with Gasteiger partial charge in [-0.05, 0) is 38.4 Å². The van der Waals surface area contributed by atoms with Gasteiger partial charge < -0.3 is 15.4 Å². The number of nitrogen functional groups attached to an aromatic ring is 1. The van der Waals surface area contributed by atoms with Gasteiger partial charge in [0.15, 0.2) is 0 Å². The summed E-state index contributed by atoms with van der Waals surface area (Å²) in [5.74, 6) is -0.300. The molecule has 0 bridgehead atoms. The highest BCUT2D eigenvalue weighted by atomic mass is 16.5. The predicted molar refractivity (Wildman–Crippen MR) is 71.5 cm³/mol. The minimum Gasteiger partial charge on any atom is -0.459 e. The molecule has 1 heterocycles. The number of carbonyl (C=O) groups is 1. The highest BCUT2D eigenvalue weighted by Gasteiger charge is 2.22. The standard InChI is InChI=1S/C14H20N2O2/c1-10-4-3-5-12(13(10)15)14(17)18-11-6-8-16(2)9-7-11/h3-5,11H,6-9,15H2,1-2H3. The Kier molecular flexibility index (Phi) is 3.87. The third kappa shape index (κ3) is 2.82. The molecule has 1 aromatic carbocycles. The highest BCUT2D eigenvalue weighted by molar-refractivity contribution is 5.95. The minimum atomic E-state index is -0.300. The molecule has 18 heavy (non-hydrogen) atoms. The van der Waals surface area contributed by atoms with Crippen LogP contribution < -0.4 is 5.73 Å². The number of nitrogens with two attached hydrogens (primary N) is 1. The molecule has 4 heteroatoms. The topological polar surface area (TPSA) is 55.6 Å². The van der Waals surface area contributed by atoms with E-state index in [1.807, 2.05) is 19.1 Å². The van der Waals surface area contributed by atoms with Crippen LogP contribution in [0.25, 0.3) is 0 Å². The van der Waals surface area contributed by atoms with Gasteiger partial charge in [0.05, 0.1) is 5.56 Å². The molecule has 0 aromatic heterocycles. The van der Waals surface area contributed by atoms with Crippen LogP contribution in [-0.2, 0) is 4.74 Å². The predicted octanol–water partition coefficient (Wildman–Crippen LogP) is 1.83. The number of rotatable bonds is 2. The number of hydrogen-bond donors (Lipinski definition) is 1. The summed E-state index contributed by atoms with van der Waals surface area (Å²) in [6.07, 6.45) is 1.82. The van der Waals surface area contributed by atoms with Crippen molar-refractivity contribution in [2.45, 2.75) is 25.9 Å². The average Bonchev–Trinajstić information content (AvgIpc) is 2.35. The number of likely N-dealkylation sites (tertiary alicyclic amines) is 1. The molecule has 2 N–H and O–H groups in total. The molecule has 2 rings (SSSR count). The van der Waals surface area contributed by atoms with Crippen LogP contribution in [0, 0.1) is 6.92 Å². The van der Waals surface area contributed by atoms with E-state index in [0.717, 1.165) is 31.5 Å². The van der Waals surface area contributed by atoms with Gasteiger partial charge in [-0.15, -0.1) is 0 Å². The fourth-order valence-electron chi connectivity index (χ4n) is 2.18. The largest absolute Gasteiger partial charge is 0.459 e. The molecule has 1 aliphatic heterocycles. The number of hydrogen-bond acceptors (Lipinski definition) is 4. The van der Waals surface area contributed by atoms with Crippen LogP contribution in [0.1, 0.15) is 28.8 Å². The van der Waals surface area contributed by atoms with Crippen LogP contribution in [0.4, 0.5) is 5.69 Å². The maximum absolute atomic E-state index is 12.1. The molecular weight excluding hydrogens is 228 g/mol. The lowest BCUT2D eigenvalue weighted by Gasteiger charge is -2.28. The van der Waals surface area contributed by atoms with Gasteiger partial charge in [0.1, 0.15) is 6.10 Å². The second-order valence-electron chi connectivity index (χ2n) is 4.94. The Morgan fingerprint density at radius 2 is 2.06 bits per heavy atom. The van der Waals surface area contributed by atoms with Gasteiger partial charge in [-0.2, -0.15) is 0 Å². The molecule has 1 saturated heterocycles. The number of nitrogens with zero attached hydrogens (tertiary/aromatic N) is 1. The van der Waals surface area contributed by atoms with E-state index < -0.39 is 0 Å². The van der Waals surface area contributed by atoms with Crippen molar-refractivity contribution in [3.63, 3.8) is 0 Å². The van der Waals surface area contributed by atoms with Crippen LogP contribution in [0.5, 0.6) is 0 Å². The Bertz CT molecular complexity index is 437. The third-order valence-electron chi connectivity index (χ3n) is 3.48. The maximum Gasteiger partial charge on any atom is 0.340 e. The van der Waals surface area contributed by atoms with Crippen molar-refractivity contribution >= 4 is 11.7 Å². The second-order valence-corrected chi connectivity index (χ2v) is 4.94. The highest BCUT2D eigenvalue weighted by Crippen LogP contribution is 2.20. The van der Waals surface area contributed by atoms with E-state index in [1.54, 1.807) is 6.07 Å². The average molecular weight is 248 g/mol. The van der Waals surface area contributed by atoms with Gasteiger partial charge in [0, 0.05) is 18.8 Å². The summed E-state index contributed by atoms with van der Waals surface area (Å²) in [4.78, 5) is 14.3. The number of ether oxygens (including phenoxy) is 1. The molecule has 1 aromatic rings. The van der Waals surface area contributed by atoms with E-state index in [-0.39, 0.29) is 12.1 Å². The van der Waals surface area contributed by atoms with E-state index in [9.17, 15) is 4.79 Å². The van der Waals surface area contributed by atoms with Crippen molar-refractivity contribution in [3.8, 4) is 0 Å². The Balaban J connectivity index is 2.01. The Morgan fingerprint density at radius 3 is 2.72 bits per heavy atom. The number of carbonyl (C=O) groups excluding carboxylic acids is 1. The van der Waals surface area contributed by atoms with E-state index in [4.69, 9.17) is 10.5 Å². The fraction of sp³-hybridized carbons (Fsp3) is 0.500. The molecule has 0 radical (unpaired) electrons. The van der Waals surface area contributed by atoms with Gasteiger partial charge in [0.2, 0.25) is 0 Å². The van der Waals surface area contributed by atoms with Gasteiger partial charge in [-0.1, -0.05) is 12.1 Å². The molecule has 0 unspecified atom stereocenters. The van der Waals surface area contributed by atoms with Crippen molar-refractivity contribution in [1.82, 2.24) is 4.90 Å². The lowest BCUT2D eigenvalue weighted by Crippen LogP contribution is -2.35. The van der Waals surface area contributed by atoms with Crippen molar-refractivity contribution in [1.29, 1.82) is 0 Å². The van der Waals surface area contributed by atoms with Gasteiger partial charge in [-0.25, -0.2) is 4.79 Å². The smallest absolute Gasteiger partial charge is 0.340 e. The molecule has 0 spiro atoms. The lowest BCUT2D eigenvalue weighted by atomic mass is 10.1. The van der Waals surface area contributed by atoms with E-state index in [0.29, 0.717) is 11.3 Å². The molecule has 0 saturated carbocycles. The first kappa shape index (κ1) is 12.9. The van der Waals surface area contributed by atoms with Gasteiger partial charge >= 0.3 is 5.97 Å². The zero-order valence-corrected chi connectivity index (χ0v) is 11.0. The van der Waals surface area contributed by atoms with Crippen LogP contribution in [0.15, 0.2) is 18.2 Å². The van der Waals surface area contributed by atoms with Crippen LogP contribution >= 0.6 is 0 Å². The first-order valence-electron chi connectivity index (χ1n) is 6.32. The SMILES string of the molecule is Cc1cccc(C(=O)OC2CCN(C)CC2)c1N. The molecule has 98 valence electrons. The second kappa shape index (κ2) is 5.40. The maximum atomic E-state index is 12.1. The van der Waals surface area contributed by atoms with Gasteiger partial charge in [-0.3, -0.25) is 0 Å². The lowest BCUT2D eigenvalue weighted by molar-refractivity contribution is 0.0140. The van der Waals surface area contributed by atoms with E-state index in [1.165, 1.54) is 0 Å². The fourth-order valence-corrected chi connectivity index (χ4v) is 2.18. The molecule has 0 atom stereocenters.